The van der Waals surface area contributed by atoms with Gasteiger partial charge in [-0.2, -0.15) is 0 Å². The third-order valence-corrected chi connectivity index (χ3v) is 6.24. The molecule has 0 bridgehead atoms. The zero-order valence-corrected chi connectivity index (χ0v) is 19.8. The number of carbonyl (C=O) groups is 1. The molecular weight excluding hydrogens is 426 g/mol. The van der Waals surface area contributed by atoms with Crippen molar-refractivity contribution in [2.45, 2.75) is 20.8 Å². The van der Waals surface area contributed by atoms with Gasteiger partial charge in [0.2, 0.25) is 0 Å². The van der Waals surface area contributed by atoms with Crippen LogP contribution in [-0.2, 0) is 4.74 Å². The Morgan fingerprint density at radius 3 is 2.26 bits per heavy atom. The molecule has 0 amide bonds. The summed E-state index contributed by atoms with van der Waals surface area (Å²) in [5.41, 5.74) is 4.38. The van der Waals surface area contributed by atoms with Crippen LogP contribution in [0.3, 0.4) is 0 Å². The second-order valence-electron chi connectivity index (χ2n) is 6.89. The van der Waals surface area contributed by atoms with Crippen LogP contribution in [-0.4, -0.2) is 31.3 Å². The number of aryl methyl sites for hydroxylation is 1. The SMILES string of the molecule is CCN(CC)c1ccc(NC(=S)Nc2sc(C)c(-c3ccccc3)c2C(=O)OC)cc1. The number of ether oxygens (including phenoxy) is 1. The van der Waals surface area contributed by atoms with Crippen molar-refractivity contribution in [3.05, 3.63) is 65.0 Å². The molecule has 0 aliphatic rings. The standard InChI is InChI=1S/C24H27N3O2S2/c1-5-27(6-2)19-14-12-18(13-15-19)25-24(30)26-22-21(23(28)29-4)20(16(3)31-22)17-10-8-7-9-11-17/h7-15H,5-6H2,1-4H3,(H2,25,26,30). The van der Waals surface area contributed by atoms with Crippen LogP contribution in [0.2, 0.25) is 0 Å². The van der Waals surface area contributed by atoms with Crippen LogP contribution < -0.4 is 15.5 Å². The molecule has 162 valence electrons. The fourth-order valence-electron chi connectivity index (χ4n) is 3.49. The molecule has 0 aliphatic heterocycles. The zero-order valence-electron chi connectivity index (χ0n) is 18.2. The maximum Gasteiger partial charge on any atom is 0.341 e. The Morgan fingerprint density at radius 2 is 1.68 bits per heavy atom. The molecule has 7 heteroatoms. The van der Waals surface area contributed by atoms with Crippen LogP contribution in [0.15, 0.2) is 54.6 Å². The predicted molar refractivity (Wildman–Crippen MR) is 136 cm³/mol. The van der Waals surface area contributed by atoms with E-state index < -0.39 is 5.97 Å². The largest absolute Gasteiger partial charge is 0.465 e. The molecule has 1 aromatic heterocycles. The van der Waals surface area contributed by atoms with Crippen LogP contribution in [0.5, 0.6) is 0 Å². The highest BCUT2D eigenvalue weighted by atomic mass is 32.1. The van der Waals surface area contributed by atoms with Crippen molar-refractivity contribution < 1.29 is 9.53 Å². The first kappa shape index (κ1) is 22.8. The molecule has 0 aliphatic carbocycles. The molecule has 2 N–H and O–H groups in total. The monoisotopic (exact) mass is 453 g/mol. The molecule has 3 rings (SSSR count). The van der Waals surface area contributed by atoms with Crippen molar-refractivity contribution in [1.82, 2.24) is 0 Å². The molecule has 1 heterocycles. The lowest BCUT2D eigenvalue weighted by molar-refractivity contribution is 0.0603. The van der Waals surface area contributed by atoms with Crippen molar-refractivity contribution in [2.75, 3.05) is 35.7 Å². The molecule has 0 spiro atoms. The third kappa shape index (κ3) is 5.24. The highest BCUT2D eigenvalue weighted by molar-refractivity contribution is 7.80. The number of thiophene rings is 1. The average Bonchev–Trinajstić information content (AvgIpc) is 3.11. The number of benzene rings is 2. The molecule has 2 aromatic carbocycles. The van der Waals surface area contributed by atoms with Crippen LogP contribution in [0.4, 0.5) is 16.4 Å². The van der Waals surface area contributed by atoms with Crippen molar-refractivity contribution in [3.63, 3.8) is 0 Å². The molecule has 5 nitrogen and oxygen atoms in total. The number of esters is 1. The number of methoxy groups -OCH3 is 1. The molecule has 0 saturated heterocycles. The molecular formula is C24H27N3O2S2. The number of hydrogen-bond acceptors (Lipinski definition) is 5. The summed E-state index contributed by atoms with van der Waals surface area (Å²) in [6.07, 6.45) is 0. The van der Waals surface area contributed by atoms with E-state index in [4.69, 9.17) is 17.0 Å². The summed E-state index contributed by atoms with van der Waals surface area (Å²) >= 11 is 7.01. The fraction of sp³-hybridized carbons (Fsp3) is 0.250. The van der Waals surface area contributed by atoms with Gasteiger partial charge in [0.1, 0.15) is 10.6 Å². The van der Waals surface area contributed by atoms with Crippen LogP contribution in [0.25, 0.3) is 11.1 Å². The Morgan fingerprint density at radius 1 is 1.03 bits per heavy atom. The van der Waals surface area contributed by atoms with E-state index in [0.717, 1.165) is 34.8 Å². The van der Waals surface area contributed by atoms with Gasteiger partial charge < -0.3 is 20.3 Å². The Kier molecular flexibility index (Phi) is 7.65. The first-order valence-corrected chi connectivity index (χ1v) is 11.4. The van der Waals surface area contributed by atoms with Crippen LogP contribution in [0.1, 0.15) is 29.1 Å². The number of carbonyl (C=O) groups excluding carboxylic acids is 1. The lowest BCUT2D eigenvalue weighted by Crippen LogP contribution is -2.22. The minimum atomic E-state index is -0.392. The molecule has 0 atom stereocenters. The summed E-state index contributed by atoms with van der Waals surface area (Å²) in [4.78, 5) is 15.9. The van der Waals surface area contributed by atoms with E-state index >= 15 is 0 Å². The number of nitrogens with zero attached hydrogens (tertiary/aromatic N) is 1. The second kappa shape index (κ2) is 10.4. The predicted octanol–water partition coefficient (Wildman–Crippen LogP) is 6.17. The summed E-state index contributed by atoms with van der Waals surface area (Å²) in [5.74, 6) is -0.392. The fourth-order valence-corrected chi connectivity index (χ4v) is 4.85. The van der Waals surface area contributed by atoms with Gasteiger partial charge in [-0.3, -0.25) is 0 Å². The topological polar surface area (TPSA) is 53.6 Å². The smallest absolute Gasteiger partial charge is 0.341 e. The van der Waals surface area contributed by atoms with Gasteiger partial charge in [0.15, 0.2) is 5.11 Å². The van der Waals surface area contributed by atoms with Gasteiger partial charge in [-0.15, -0.1) is 11.3 Å². The van der Waals surface area contributed by atoms with Gasteiger partial charge in [0.25, 0.3) is 0 Å². The van der Waals surface area contributed by atoms with E-state index in [0.29, 0.717) is 15.7 Å². The van der Waals surface area contributed by atoms with E-state index in [-0.39, 0.29) is 0 Å². The van der Waals surface area contributed by atoms with E-state index in [1.54, 1.807) is 0 Å². The van der Waals surface area contributed by atoms with Gasteiger partial charge in [0.05, 0.1) is 7.11 Å². The maximum atomic E-state index is 12.6. The first-order valence-electron chi connectivity index (χ1n) is 10.2. The van der Waals surface area contributed by atoms with Gasteiger partial charge in [-0.1, -0.05) is 30.3 Å². The maximum absolute atomic E-state index is 12.6. The van der Waals surface area contributed by atoms with Gasteiger partial charge >= 0.3 is 5.97 Å². The summed E-state index contributed by atoms with van der Waals surface area (Å²) in [5, 5.41) is 7.48. The minimum Gasteiger partial charge on any atom is -0.465 e. The molecule has 0 fully saturated rings. The second-order valence-corrected chi connectivity index (χ2v) is 8.53. The normalized spacial score (nSPS) is 10.5. The third-order valence-electron chi connectivity index (χ3n) is 5.02. The van der Waals surface area contributed by atoms with Gasteiger partial charge in [-0.05, 0) is 62.8 Å². The quantitative estimate of drug-likeness (QED) is 0.330. The van der Waals surface area contributed by atoms with E-state index in [1.165, 1.54) is 24.1 Å². The highest BCUT2D eigenvalue weighted by Gasteiger charge is 2.24. The Balaban J connectivity index is 1.82. The van der Waals surface area contributed by atoms with E-state index in [9.17, 15) is 4.79 Å². The van der Waals surface area contributed by atoms with Gasteiger partial charge in [-0.25, -0.2) is 4.79 Å². The summed E-state index contributed by atoms with van der Waals surface area (Å²) < 4.78 is 5.07. The summed E-state index contributed by atoms with van der Waals surface area (Å²) in [7, 11) is 1.39. The highest BCUT2D eigenvalue weighted by Crippen LogP contribution is 2.40. The Labute approximate surface area is 193 Å². The lowest BCUT2D eigenvalue weighted by Gasteiger charge is -2.21. The first-order chi connectivity index (χ1) is 15.0. The van der Waals surface area contributed by atoms with Crippen molar-refractivity contribution in [2.24, 2.45) is 0 Å². The Bertz CT molecular complexity index is 1040. The number of anilines is 3. The number of nitrogens with one attached hydrogen (secondary N) is 2. The number of thiocarbonyl (C=S) groups is 1. The molecule has 31 heavy (non-hydrogen) atoms. The van der Waals surface area contributed by atoms with Crippen LogP contribution in [0, 0.1) is 6.92 Å². The van der Waals surface area contributed by atoms with E-state index in [1.807, 2.05) is 49.4 Å². The molecule has 0 saturated carbocycles. The zero-order chi connectivity index (χ0) is 22.4. The summed E-state index contributed by atoms with van der Waals surface area (Å²) in [6.45, 7) is 8.19. The lowest BCUT2D eigenvalue weighted by atomic mass is 10.0. The average molecular weight is 454 g/mol. The summed E-state index contributed by atoms with van der Waals surface area (Å²) in [6, 6.07) is 18.0. The Hall–Kier alpha value is -2.90. The van der Waals surface area contributed by atoms with Crippen LogP contribution >= 0.6 is 23.6 Å². The molecule has 3 aromatic rings. The van der Waals surface area contributed by atoms with E-state index in [2.05, 4.69) is 41.5 Å². The van der Waals surface area contributed by atoms with Gasteiger partial charge in [0, 0.05) is 34.9 Å². The number of hydrogen-bond donors (Lipinski definition) is 2. The molecule has 0 unspecified atom stereocenters. The number of rotatable bonds is 7. The van der Waals surface area contributed by atoms with Crippen molar-refractivity contribution >= 4 is 51.0 Å². The van der Waals surface area contributed by atoms with Crippen molar-refractivity contribution in [3.8, 4) is 11.1 Å². The molecule has 0 radical (unpaired) electrons. The van der Waals surface area contributed by atoms with Crippen molar-refractivity contribution in [1.29, 1.82) is 0 Å². The minimum absolute atomic E-state index is 0.392.